The molecule has 4 nitrogen and oxygen atoms in total. The van der Waals surface area contributed by atoms with Gasteiger partial charge in [-0.25, -0.2) is 0 Å². The number of aliphatic hydroxyl groups excluding tert-OH is 2. The molecule has 0 spiro atoms. The topological polar surface area (TPSA) is 75.7 Å². The van der Waals surface area contributed by atoms with E-state index in [-0.39, 0.29) is 13.2 Å². The van der Waals surface area contributed by atoms with Crippen LogP contribution < -0.4 is 10.5 Å². The highest BCUT2D eigenvalue weighted by molar-refractivity contribution is 5.27. The van der Waals surface area contributed by atoms with Gasteiger partial charge in [0.25, 0.3) is 0 Å². The summed E-state index contributed by atoms with van der Waals surface area (Å²) in [6, 6.07) is 7.46. The third-order valence-corrected chi connectivity index (χ3v) is 4.12. The summed E-state index contributed by atoms with van der Waals surface area (Å²) in [6.07, 6.45) is 3.91. The molecule has 0 amide bonds. The van der Waals surface area contributed by atoms with Crippen molar-refractivity contribution in [3.63, 3.8) is 0 Å². The maximum atomic E-state index is 9.39. The van der Waals surface area contributed by atoms with E-state index in [9.17, 15) is 5.11 Å². The van der Waals surface area contributed by atoms with Gasteiger partial charge in [0.1, 0.15) is 5.75 Å². The van der Waals surface area contributed by atoms with Gasteiger partial charge in [-0.05, 0) is 42.9 Å². The Morgan fingerprint density at radius 2 is 2.21 bits per heavy atom. The molecule has 2 rings (SSSR count). The monoisotopic (exact) mass is 265 g/mol. The molecule has 1 saturated carbocycles. The van der Waals surface area contributed by atoms with Crippen LogP contribution in [0.15, 0.2) is 24.3 Å². The second-order valence-electron chi connectivity index (χ2n) is 5.42. The van der Waals surface area contributed by atoms with Crippen LogP contribution in [0.3, 0.4) is 0 Å². The molecule has 1 fully saturated rings. The van der Waals surface area contributed by atoms with Gasteiger partial charge in [-0.2, -0.15) is 0 Å². The van der Waals surface area contributed by atoms with Gasteiger partial charge < -0.3 is 20.7 Å². The largest absolute Gasteiger partial charge is 0.494 e. The highest BCUT2D eigenvalue weighted by Crippen LogP contribution is 2.35. The normalized spacial score (nSPS) is 26.6. The molecule has 0 bridgehead atoms. The molecule has 106 valence electrons. The summed E-state index contributed by atoms with van der Waals surface area (Å²) >= 11 is 0. The van der Waals surface area contributed by atoms with E-state index in [0.29, 0.717) is 12.5 Å². The molecule has 1 aliphatic rings. The highest BCUT2D eigenvalue weighted by atomic mass is 16.5. The summed E-state index contributed by atoms with van der Waals surface area (Å²) in [5.41, 5.74) is 6.62. The van der Waals surface area contributed by atoms with Gasteiger partial charge in [0.2, 0.25) is 0 Å². The van der Waals surface area contributed by atoms with Crippen LogP contribution in [0.4, 0.5) is 0 Å². The van der Waals surface area contributed by atoms with Gasteiger partial charge in [0, 0.05) is 5.54 Å². The van der Waals surface area contributed by atoms with E-state index >= 15 is 0 Å². The number of hydrogen-bond donors (Lipinski definition) is 3. The van der Waals surface area contributed by atoms with Gasteiger partial charge in [0.15, 0.2) is 0 Å². The van der Waals surface area contributed by atoms with Crippen molar-refractivity contribution >= 4 is 0 Å². The van der Waals surface area contributed by atoms with E-state index in [1.807, 2.05) is 24.3 Å². The number of ether oxygens (including phenoxy) is 1. The van der Waals surface area contributed by atoms with Gasteiger partial charge >= 0.3 is 0 Å². The second-order valence-corrected chi connectivity index (χ2v) is 5.42. The van der Waals surface area contributed by atoms with Crippen molar-refractivity contribution < 1.29 is 14.9 Å². The molecule has 0 aromatic heterocycles. The first-order valence-electron chi connectivity index (χ1n) is 6.90. The fourth-order valence-corrected chi connectivity index (χ4v) is 2.86. The summed E-state index contributed by atoms with van der Waals surface area (Å²) in [5.74, 6) is 1.11. The van der Waals surface area contributed by atoms with Crippen molar-refractivity contribution in [3.05, 3.63) is 29.8 Å². The summed E-state index contributed by atoms with van der Waals surface area (Å²) in [4.78, 5) is 0. The van der Waals surface area contributed by atoms with Gasteiger partial charge in [0.05, 0.1) is 19.8 Å². The Morgan fingerprint density at radius 3 is 2.95 bits per heavy atom. The first-order chi connectivity index (χ1) is 9.18. The molecule has 0 radical (unpaired) electrons. The van der Waals surface area contributed by atoms with Crippen molar-refractivity contribution in [2.75, 3.05) is 13.2 Å². The minimum Gasteiger partial charge on any atom is -0.494 e. The number of hydrogen-bond acceptors (Lipinski definition) is 4. The molecule has 0 saturated heterocycles. The van der Waals surface area contributed by atoms with Crippen molar-refractivity contribution in [2.24, 2.45) is 11.7 Å². The maximum absolute atomic E-state index is 9.39. The Morgan fingerprint density at radius 1 is 1.37 bits per heavy atom. The lowest BCUT2D eigenvalue weighted by molar-refractivity contribution is 0.143. The third kappa shape index (κ3) is 3.47. The molecule has 1 aromatic rings. The Bertz CT molecular complexity index is 410. The summed E-state index contributed by atoms with van der Waals surface area (Å²) in [5, 5.41) is 18.4. The lowest BCUT2D eigenvalue weighted by Crippen LogP contribution is -2.47. The van der Waals surface area contributed by atoms with Crippen LogP contribution in [-0.4, -0.2) is 29.0 Å². The molecule has 4 heteroatoms. The number of rotatable bonds is 6. The van der Waals surface area contributed by atoms with E-state index in [4.69, 9.17) is 15.6 Å². The van der Waals surface area contributed by atoms with Crippen LogP contribution in [0.1, 0.15) is 31.2 Å². The van der Waals surface area contributed by atoms with Crippen LogP contribution in [0.5, 0.6) is 5.75 Å². The standard InChI is InChI=1S/C15H23NO3/c16-15(11-18)7-2-4-13(15)6-8-19-14-5-1-3-12(9-14)10-17/h1,3,5,9,13,17-18H,2,4,6-8,10-11,16H2. The van der Waals surface area contributed by atoms with Crippen molar-refractivity contribution in [2.45, 2.75) is 37.8 Å². The van der Waals surface area contributed by atoms with Crippen molar-refractivity contribution in [1.29, 1.82) is 0 Å². The maximum Gasteiger partial charge on any atom is 0.119 e. The van der Waals surface area contributed by atoms with Crippen molar-refractivity contribution in [1.82, 2.24) is 0 Å². The predicted molar refractivity (Wildman–Crippen MR) is 73.8 cm³/mol. The lowest BCUT2D eigenvalue weighted by Gasteiger charge is -2.29. The molecule has 2 atom stereocenters. The quantitative estimate of drug-likeness (QED) is 0.727. The molecule has 1 aromatic carbocycles. The molecule has 19 heavy (non-hydrogen) atoms. The minimum absolute atomic E-state index is 0.0241. The Labute approximate surface area is 114 Å². The van der Waals surface area contributed by atoms with Gasteiger partial charge in [-0.3, -0.25) is 0 Å². The Kier molecular flexibility index (Phi) is 4.80. The zero-order chi connectivity index (χ0) is 13.7. The average Bonchev–Trinajstić information content (AvgIpc) is 2.81. The van der Waals surface area contributed by atoms with Crippen LogP contribution in [0, 0.1) is 5.92 Å². The minimum atomic E-state index is -0.420. The highest BCUT2D eigenvalue weighted by Gasteiger charge is 2.38. The number of nitrogens with two attached hydrogens (primary N) is 1. The molecule has 1 aliphatic carbocycles. The summed E-state index contributed by atoms with van der Waals surface area (Å²) < 4.78 is 5.70. The lowest BCUT2D eigenvalue weighted by atomic mass is 9.87. The first-order valence-corrected chi connectivity index (χ1v) is 6.90. The van der Waals surface area contributed by atoms with Crippen LogP contribution >= 0.6 is 0 Å². The number of aliphatic hydroxyl groups is 2. The second kappa shape index (κ2) is 6.37. The third-order valence-electron chi connectivity index (χ3n) is 4.12. The Balaban J connectivity index is 1.83. The predicted octanol–water partition coefficient (Wildman–Crippen LogP) is 1.44. The Hall–Kier alpha value is -1.10. The average molecular weight is 265 g/mol. The van der Waals surface area contributed by atoms with E-state index in [0.717, 1.165) is 37.0 Å². The van der Waals surface area contributed by atoms with Crippen LogP contribution in [-0.2, 0) is 6.61 Å². The van der Waals surface area contributed by atoms with Crippen molar-refractivity contribution in [3.8, 4) is 5.75 Å². The molecule has 4 N–H and O–H groups in total. The molecular weight excluding hydrogens is 242 g/mol. The fourth-order valence-electron chi connectivity index (χ4n) is 2.86. The summed E-state index contributed by atoms with van der Waals surface area (Å²) in [7, 11) is 0. The first kappa shape index (κ1) is 14.3. The summed E-state index contributed by atoms with van der Waals surface area (Å²) in [6.45, 7) is 0.673. The molecular formula is C15H23NO3. The van der Waals surface area contributed by atoms with E-state index in [2.05, 4.69) is 0 Å². The van der Waals surface area contributed by atoms with E-state index in [1.54, 1.807) is 0 Å². The number of benzene rings is 1. The molecule has 2 unspecified atom stereocenters. The van der Waals surface area contributed by atoms with E-state index in [1.165, 1.54) is 0 Å². The van der Waals surface area contributed by atoms with Crippen LogP contribution in [0.2, 0.25) is 0 Å². The van der Waals surface area contributed by atoms with Gasteiger partial charge in [-0.15, -0.1) is 0 Å². The van der Waals surface area contributed by atoms with Crippen LogP contribution in [0.25, 0.3) is 0 Å². The van der Waals surface area contributed by atoms with Gasteiger partial charge in [-0.1, -0.05) is 18.6 Å². The molecule has 0 heterocycles. The zero-order valence-electron chi connectivity index (χ0n) is 11.2. The SMILES string of the molecule is NC1(CO)CCCC1CCOc1cccc(CO)c1. The smallest absolute Gasteiger partial charge is 0.119 e. The van der Waals surface area contributed by atoms with E-state index < -0.39 is 5.54 Å². The zero-order valence-corrected chi connectivity index (χ0v) is 11.2. The molecule has 0 aliphatic heterocycles. The fraction of sp³-hybridized carbons (Fsp3) is 0.600.